The first-order valence-electron chi connectivity index (χ1n) is 7.24. The number of hydrogen-bond acceptors (Lipinski definition) is 6. The van der Waals surface area contributed by atoms with Crippen molar-refractivity contribution in [2.75, 3.05) is 0 Å². The van der Waals surface area contributed by atoms with E-state index >= 15 is 0 Å². The van der Waals surface area contributed by atoms with Gasteiger partial charge in [-0.05, 0) is 18.2 Å². The van der Waals surface area contributed by atoms with Crippen LogP contribution in [0.5, 0.6) is 17.2 Å². The summed E-state index contributed by atoms with van der Waals surface area (Å²) in [5.41, 5.74) is 4.11. The van der Waals surface area contributed by atoms with Crippen LogP contribution in [0.25, 0.3) is 11.3 Å². The summed E-state index contributed by atoms with van der Waals surface area (Å²) in [6.07, 6.45) is 1.14. The molecule has 2 aromatic carbocycles. The van der Waals surface area contributed by atoms with E-state index in [1.165, 1.54) is 12.1 Å². The van der Waals surface area contributed by atoms with Crippen LogP contribution in [0.2, 0.25) is 0 Å². The topological polar surface area (TPSA) is 131 Å². The molecular formula is C17H14N4O4. The lowest BCUT2D eigenvalue weighted by Gasteiger charge is -2.03. The maximum absolute atomic E-state index is 12.0. The molecule has 8 heteroatoms. The second kappa shape index (κ2) is 6.75. The van der Waals surface area contributed by atoms with E-state index in [0.717, 1.165) is 11.8 Å². The van der Waals surface area contributed by atoms with Gasteiger partial charge in [0.05, 0.1) is 11.9 Å². The smallest absolute Gasteiger partial charge is 0.289 e. The number of H-pyrrole nitrogens is 1. The largest absolute Gasteiger partial charge is 0.504 e. The van der Waals surface area contributed by atoms with Crippen molar-refractivity contribution in [2.45, 2.75) is 0 Å². The Morgan fingerprint density at radius 1 is 1.08 bits per heavy atom. The third-order valence-corrected chi connectivity index (χ3v) is 3.42. The van der Waals surface area contributed by atoms with Gasteiger partial charge in [0.2, 0.25) is 5.75 Å². The molecule has 1 amide bonds. The molecule has 1 heterocycles. The lowest BCUT2D eigenvalue weighted by Crippen LogP contribution is -2.18. The molecular weight excluding hydrogens is 324 g/mol. The average Bonchev–Trinajstić information content (AvgIpc) is 3.12. The highest BCUT2D eigenvalue weighted by molar-refractivity contribution is 5.94. The maximum atomic E-state index is 12.0. The minimum Gasteiger partial charge on any atom is -0.504 e. The van der Waals surface area contributed by atoms with Gasteiger partial charge in [0.1, 0.15) is 5.69 Å². The minimum absolute atomic E-state index is 0.130. The van der Waals surface area contributed by atoms with Gasteiger partial charge in [-0.25, -0.2) is 5.43 Å². The van der Waals surface area contributed by atoms with Gasteiger partial charge in [-0.1, -0.05) is 30.3 Å². The number of hydrogen-bond donors (Lipinski definition) is 5. The third-order valence-electron chi connectivity index (χ3n) is 3.42. The van der Waals surface area contributed by atoms with Crippen LogP contribution in [0.4, 0.5) is 0 Å². The minimum atomic E-state index is -0.656. The molecule has 0 bridgehead atoms. The summed E-state index contributed by atoms with van der Waals surface area (Å²) in [4.78, 5) is 12.0. The number of carbonyl (C=O) groups is 1. The van der Waals surface area contributed by atoms with Crippen molar-refractivity contribution in [3.63, 3.8) is 0 Å². The van der Waals surface area contributed by atoms with Crippen LogP contribution >= 0.6 is 0 Å². The summed E-state index contributed by atoms with van der Waals surface area (Å²) in [5.74, 6) is -2.17. The number of amides is 1. The molecule has 3 rings (SSSR count). The number of nitrogens with zero attached hydrogens (tertiary/aromatic N) is 2. The van der Waals surface area contributed by atoms with Crippen LogP contribution in [0.1, 0.15) is 16.1 Å². The zero-order valence-electron chi connectivity index (χ0n) is 12.8. The van der Waals surface area contributed by atoms with Crippen molar-refractivity contribution in [1.82, 2.24) is 15.6 Å². The molecule has 0 radical (unpaired) electrons. The van der Waals surface area contributed by atoms with Crippen molar-refractivity contribution in [3.05, 3.63) is 59.8 Å². The van der Waals surface area contributed by atoms with E-state index in [1.54, 1.807) is 6.07 Å². The number of aromatic amines is 1. The summed E-state index contributed by atoms with van der Waals surface area (Å²) in [6, 6.07) is 13.5. The predicted octanol–water partition coefficient (Wildman–Crippen LogP) is 1.96. The Labute approximate surface area is 142 Å². The number of nitrogens with one attached hydrogen (secondary N) is 2. The second-order valence-corrected chi connectivity index (χ2v) is 5.10. The van der Waals surface area contributed by atoms with E-state index in [4.69, 9.17) is 0 Å². The van der Waals surface area contributed by atoms with Crippen LogP contribution in [-0.4, -0.2) is 37.6 Å². The second-order valence-electron chi connectivity index (χ2n) is 5.10. The lowest BCUT2D eigenvalue weighted by molar-refractivity contribution is 0.0950. The zero-order valence-corrected chi connectivity index (χ0v) is 12.8. The summed E-state index contributed by atoms with van der Waals surface area (Å²) < 4.78 is 0. The van der Waals surface area contributed by atoms with E-state index in [9.17, 15) is 20.1 Å². The van der Waals surface area contributed by atoms with E-state index in [2.05, 4.69) is 20.7 Å². The number of phenolic OH excluding ortho intramolecular Hbond substituents is 3. The summed E-state index contributed by atoms with van der Waals surface area (Å²) >= 11 is 0. The Kier molecular flexibility index (Phi) is 4.34. The maximum Gasteiger partial charge on any atom is 0.289 e. The molecule has 0 unspecified atom stereocenters. The molecule has 0 saturated carbocycles. The molecule has 3 aromatic rings. The van der Waals surface area contributed by atoms with Gasteiger partial charge in [-0.15, -0.1) is 0 Å². The van der Waals surface area contributed by atoms with Crippen LogP contribution in [-0.2, 0) is 0 Å². The highest BCUT2D eigenvalue weighted by atomic mass is 16.3. The highest BCUT2D eigenvalue weighted by Crippen LogP contribution is 2.36. The van der Waals surface area contributed by atoms with Gasteiger partial charge in [-0.2, -0.15) is 10.2 Å². The quantitative estimate of drug-likeness (QED) is 0.282. The number of hydrazone groups is 1. The Bertz CT molecular complexity index is 935. The molecule has 0 atom stereocenters. The number of rotatable bonds is 4. The van der Waals surface area contributed by atoms with Gasteiger partial charge < -0.3 is 15.3 Å². The Morgan fingerprint density at radius 2 is 1.84 bits per heavy atom. The fourth-order valence-electron chi connectivity index (χ4n) is 2.10. The average molecular weight is 338 g/mol. The molecule has 0 aliphatic rings. The molecule has 1 aromatic heterocycles. The van der Waals surface area contributed by atoms with Crippen molar-refractivity contribution < 1.29 is 20.1 Å². The molecule has 0 aliphatic heterocycles. The van der Waals surface area contributed by atoms with Crippen LogP contribution in [0.15, 0.2) is 53.6 Å². The number of aromatic hydroxyl groups is 3. The Balaban J connectivity index is 1.69. The molecule has 126 valence electrons. The monoisotopic (exact) mass is 338 g/mol. The van der Waals surface area contributed by atoms with Crippen molar-refractivity contribution >= 4 is 12.1 Å². The van der Waals surface area contributed by atoms with Gasteiger partial charge in [-0.3, -0.25) is 9.89 Å². The zero-order chi connectivity index (χ0) is 17.8. The van der Waals surface area contributed by atoms with Crippen molar-refractivity contribution in [1.29, 1.82) is 0 Å². The summed E-state index contributed by atoms with van der Waals surface area (Å²) in [7, 11) is 0. The lowest BCUT2D eigenvalue weighted by atomic mass is 10.1. The van der Waals surface area contributed by atoms with E-state index in [1.807, 2.05) is 30.3 Å². The number of phenols is 3. The molecule has 8 nitrogen and oxygen atoms in total. The molecule has 0 aliphatic carbocycles. The first-order chi connectivity index (χ1) is 12.1. The van der Waals surface area contributed by atoms with Gasteiger partial charge in [0.15, 0.2) is 11.5 Å². The van der Waals surface area contributed by atoms with E-state index in [0.29, 0.717) is 5.69 Å². The van der Waals surface area contributed by atoms with Gasteiger partial charge in [0.25, 0.3) is 5.91 Å². The first-order valence-corrected chi connectivity index (χ1v) is 7.24. The first kappa shape index (κ1) is 16.1. The Morgan fingerprint density at radius 3 is 2.60 bits per heavy atom. The normalized spacial score (nSPS) is 10.9. The molecule has 0 fully saturated rings. The van der Waals surface area contributed by atoms with Crippen LogP contribution in [0.3, 0.4) is 0 Å². The van der Waals surface area contributed by atoms with Gasteiger partial charge >= 0.3 is 0 Å². The molecule has 25 heavy (non-hydrogen) atoms. The summed E-state index contributed by atoms with van der Waals surface area (Å²) in [6.45, 7) is 0. The fraction of sp³-hybridized carbons (Fsp3) is 0. The highest BCUT2D eigenvalue weighted by Gasteiger charge is 2.11. The van der Waals surface area contributed by atoms with Crippen LogP contribution in [0, 0.1) is 0 Å². The summed E-state index contributed by atoms with van der Waals surface area (Å²) in [5, 5.41) is 38.7. The number of carbonyl (C=O) groups excluding carboxylic acids is 1. The standard InChI is InChI=1S/C17H14N4O4/c22-14-7-6-11(15(23)16(14)24)9-18-21-17(25)13-8-12(19-20-13)10-4-2-1-3-5-10/h1-9,22-24H,(H,19,20)(H,21,25)/b18-9+. The number of aromatic nitrogens is 2. The van der Waals surface area contributed by atoms with Crippen molar-refractivity contribution in [3.8, 4) is 28.5 Å². The number of benzene rings is 2. The molecule has 0 spiro atoms. The molecule has 5 N–H and O–H groups in total. The Hall–Kier alpha value is -3.81. The predicted molar refractivity (Wildman–Crippen MR) is 90.5 cm³/mol. The van der Waals surface area contributed by atoms with Gasteiger partial charge in [0, 0.05) is 11.1 Å². The van der Waals surface area contributed by atoms with E-state index in [-0.39, 0.29) is 11.3 Å². The van der Waals surface area contributed by atoms with Crippen molar-refractivity contribution in [2.24, 2.45) is 5.10 Å². The fourth-order valence-corrected chi connectivity index (χ4v) is 2.10. The third kappa shape index (κ3) is 3.42. The molecule has 0 saturated heterocycles. The van der Waals surface area contributed by atoms with E-state index < -0.39 is 23.2 Å². The SMILES string of the molecule is O=C(N/N=C/c1ccc(O)c(O)c1O)c1cc(-c2ccccc2)n[nH]1. The van der Waals surface area contributed by atoms with Crippen LogP contribution < -0.4 is 5.43 Å².